The van der Waals surface area contributed by atoms with Gasteiger partial charge in [0.1, 0.15) is 40.4 Å². The standard InChI is InChI=1S/C25H28O6/c1-13(2)5-6-15(14(3)4)9-18-20(28)11-21(29)24-22(30)12-23(31-25(18)24)17-8-7-16(26)10-19(17)27/h5,7-8,10-11,15,23,26-29H,3,6,9,12H2,1-2,4H3/t15-,23-/m1/s1. The van der Waals surface area contributed by atoms with Crippen LogP contribution in [0.5, 0.6) is 28.7 Å². The van der Waals surface area contributed by atoms with E-state index in [0.29, 0.717) is 24.0 Å². The van der Waals surface area contributed by atoms with Gasteiger partial charge in [-0.05, 0) is 51.7 Å². The number of hydrogen-bond acceptors (Lipinski definition) is 6. The van der Waals surface area contributed by atoms with Crippen LogP contribution in [0.1, 0.15) is 61.2 Å². The zero-order valence-electron chi connectivity index (χ0n) is 18.0. The Hall–Kier alpha value is -3.41. The Kier molecular flexibility index (Phi) is 6.29. The van der Waals surface area contributed by atoms with Gasteiger partial charge in [0.15, 0.2) is 5.78 Å². The third-order valence-electron chi connectivity index (χ3n) is 5.57. The van der Waals surface area contributed by atoms with Gasteiger partial charge in [0, 0.05) is 23.3 Å². The van der Waals surface area contributed by atoms with E-state index < -0.39 is 6.10 Å². The zero-order valence-corrected chi connectivity index (χ0v) is 18.0. The summed E-state index contributed by atoms with van der Waals surface area (Å²) in [7, 11) is 0. The fraction of sp³-hybridized carbons (Fsp3) is 0.320. The molecule has 6 nitrogen and oxygen atoms in total. The summed E-state index contributed by atoms with van der Waals surface area (Å²) >= 11 is 0. The summed E-state index contributed by atoms with van der Waals surface area (Å²) in [4.78, 5) is 12.9. The van der Waals surface area contributed by atoms with Gasteiger partial charge in [0.05, 0.1) is 6.42 Å². The molecule has 2 aromatic rings. The summed E-state index contributed by atoms with van der Waals surface area (Å²) in [6, 6.07) is 5.23. The second-order valence-corrected chi connectivity index (χ2v) is 8.34. The van der Waals surface area contributed by atoms with Crippen molar-refractivity contribution < 1.29 is 30.0 Å². The molecular weight excluding hydrogens is 396 g/mol. The monoisotopic (exact) mass is 424 g/mol. The van der Waals surface area contributed by atoms with Crippen molar-refractivity contribution in [3.8, 4) is 28.7 Å². The number of allylic oxidation sites excluding steroid dienone is 3. The van der Waals surface area contributed by atoms with Crippen LogP contribution in [0.25, 0.3) is 0 Å². The number of benzene rings is 2. The van der Waals surface area contributed by atoms with Crippen molar-refractivity contribution in [1.82, 2.24) is 0 Å². The van der Waals surface area contributed by atoms with E-state index in [-0.39, 0.29) is 52.4 Å². The lowest BCUT2D eigenvalue weighted by Crippen LogP contribution is -2.22. The number of fused-ring (bicyclic) bond motifs is 1. The minimum Gasteiger partial charge on any atom is -0.508 e. The first-order chi connectivity index (χ1) is 14.6. The molecule has 2 atom stereocenters. The lowest BCUT2D eigenvalue weighted by Gasteiger charge is -2.29. The molecule has 1 aliphatic heterocycles. The average Bonchev–Trinajstić information content (AvgIpc) is 2.66. The van der Waals surface area contributed by atoms with E-state index in [2.05, 4.69) is 12.7 Å². The van der Waals surface area contributed by atoms with E-state index in [9.17, 15) is 25.2 Å². The van der Waals surface area contributed by atoms with Gasteiger partial charge in [-0.1, -0.05) is 23.8 Å². The predicted molar refractivity (Wildman–Crippen MR) is 118 cm³/mol. The molecule has 31 heavy (non-hydrogen) atoms. The Balaban J connectivity index is 2.06. The predicted octanol–water partition coefficient (Wildman–Crippen LogP) is 5.31. The summed E-state index contributed by atoms with van der Waals surface area (Å²) in [5, 5.41) is 40.7. The largest absolute Gasteiger partial charge is 0.508 e. The average molecular weight is 424 g/mol. The van der Waals surface area contributed by atoms with Crippen molar-refractivity contribution in [3.63, 3.8) is 0 Å². The SMILES string of the molecule is C=C(C)[C@H](CC=C(C)C)Cc1c(O)cc(O)c2c1O[C@@H](c1ccc(O)cc1O)CC2=O. The van der Waals surface area contributed by atoms with Crippen molar-refractivity contribution in [2.24, 2.45) is 5.92 Å². The number of hydrogen-bond donors (Lipinski definition) is 4. The molecule has 0 aromatic heterocycles. The Labute approximate surface area is 181 Å². The summed E-state index contributed by atoms with van der Waals surface area (Å²) in [5.74, 6) is -1.05. The van der Waals surface area contributed by atoms with Crippen LogP contribution in [-0.4, -0.2) is 26.2 Å². The Bertz CT molecular complexity index is 1060. The highest BCUT2D eigenvalue weighted by molar-refractivity contribution is 6.03. The minimum absolute atomic E-state index is 0.00408. The highest BCUT2D eigenvalue weighted by atomic mass is 16.5. The molecule has 4 N–H and O–H groups in total. The lowest BCUT2D eigenvalue weighted by molar-refractivity contribution is 0.0839. The van der Waals surface area contributed by atoms with E-state index >= 15 is 0 Å². The molecule has 0 saturated heterocycles. The molecular formula is C25H28O6. The Morgan fingerprint density at radius 3 is 2.45 bits per heavy atom. The van der Waals surface area contributed by atoms with Crippen molar-refractivity contribution >= 4 is 5.78 Å². The van der Waals surface area contributed by atoms with E-state index in [0.717, 1.165) is 11.1 Å². The minimum atomic E-state index is -0.818. The maximum Gasteiger partial charge on any atom is 0.174 e. The first-order valence-corrected chi connectivity index (χ1v) is 10.2. The topological polar surface area (TPSA) is 107 Å². The van der Waals surface area contributed by atoms with Gasteiger partial charge in [-0.3, -0.25) is 4.79 Å². The van der Waals surface area contributed by atoms with Crippen LogP contribution in [-0.2, 0) is 6.42 Å². The van der Waals surface area contributed by atoms with Crippen LogP contribution in [0.3, 0.4) is 0 Å². The summed E-state index contributed by atoms with van der Waals surface area (Å²) < 4.78 is 6.08. The van der Waals surface area contributed by atoms with E-state index in [1.165, 1.54) is 24.3 Å². The highest BCUT2D eigenvalue weighted by Gasteiger charge is 2.35. The maximum absolute atomic E-state index is 12.9. The molecule has 0 amide bonds. The number of Topliss-reactive ketones (excluding diaryl/α,β-unsaturated/α-hetero) is 1. The van der Waals surface area contributed by atoms with E-state index in [1.54, 1.807) is 0 Å². The molecule has 0 spiro atoms. The van der Waals surface area contributed by atoms with Gasteiger partial charge in [0.2, 0.25) is 0 Å². The van der Waals surface area contributed by atoms with E-state index in [4.69, 9.17) is 4.74 Å². The van der Waals surface area contributed by atoms with Crippen LogP contribution >= 0.6 is 0 Å². The van der Waals surface area contributed by atoms with Crippen molar-refractivity contribution in [2.75, 3.05) is 0 Å². The maximum atomic E-state index is 12.9. The van der Waals surface area contributed by atoms with Crippen molar-refractivity contribution in [1.29, 1.82) is 0 Å². The number of rotatable bonds is 6. The number of carbonyl (C=O) groups excluding carboxylic acids is 1. The number of ether oxygens (including phenoxy) is 1. The molecule has 0 aliphatic carbocycles. The highest BCUT2D eigenvalue weighted by Crippen LogP contribution is 2.47. The molecule has 0 bridgehead atoms. The molecule has 164 valence electrons. The fourth-order valence-corrected chi connectivity index (χ4v) is 3.78. The number of carbonyl (C=O) groups is 1. The summed E-state index contributed by atoms with van der Waals surface area (Å²) in [5.41, 5.74) is 2.88. The second kappa shape index (κ2) is 8.76. The van der Waals surface area contributed by atoms with Gasteiger partial charge in [-0.25, -0.2) is 0 Å². The first-order valence-electron chi connectivity index (χ1n) is 10.2. The molecule has 0 fully saturated rings. The smallest absolute Gasteiger partial charge is 0.174 e. The molecule has 3 rings (SSSR count). The normalized spacial score (nSPS) is 16.2. The third kappa shape index (κ3) is 4.68. The first kappa shape index (κ1) is 22.3. The molecule has 0 radical (unpaired) electrons. The lowest BCUT2D eigenvalue weighted by atomic mass is 9.86. The number of ketones is 1. The molecule has 2 aromatic carbocycles. The van der Waals surface area contributed by atoms with Crippen LogP contribution < -0.4 is 4.74 Å². The molecule has 0 unspecified atom stereocenters. The van der Waals surface area contributed by atoms with Crippen LogP contribution in [0, 0.1) is 5.92 Å². The summed E-state index contributed by atoms with van der Waals surface area (Å²) in [6.45, 7) is 9.99. The molecule has 1 heterocycles. The zero-order chi connectivity index (χ0) is 22.9. The van der Waals surface area contributed by atoms with E-state index in [1.807, 2.05) is 20.8 Å². The van der Waals surface area contributed by atoms with Gasteiger partial charge >= 0.3 is 0 Å². The number of aromatic hydroxyl groups is 4. The van der Waals surface area contributed by atoms with Crippen LogP contribution in [0.4, 0.5) is 0 Å². The van der Waals surface area contributed by atoms with Crippen LogP contribution in [0.2, 0.25) is 0 Å². The molecule has 1 aliphatic rings. The quantitative estimate of drug-likeness (QED) is 0.468. The van der Waals surface area contributed by atoms with Gasteiger partial charge < -0.3 is 25.2 Å². The number of phenols is 4. The third-order valence-corrected chi connectivity index (χ3v) is 5.57. The fourth-order valence-electron chi connectivity index (χ4n) is 3.78. The second-order valence-electron chi connectivity index (χ2n) is 8.34. The van der Waals surface area contributed by atoms with Crippen LogP contribution in [0.15, 0.2) is 48.1 Å². The Morgan fingerprint density at radius 1 is 1.13 bits per heavy atom. The van der Waals surface area contributed by atoms with Crippen molar-refractivity contribution in [2.45, 2.75) is 46.1 Å². The molecule has 6 heteroatoms. The number of phenolic OH excluding ortho intramolecular Hbond substituents is 4. The molecule has 0 saturated carbocycles. The summed E-state index contributed by atoms with van der Waals surface area (Å²) in [6.07, 6.45) is 2.26. The van der Waals surface area contributed by atoms with Gasteiger partial charge in [-0.2, -0.15) is 0 Å². The Morgan fingerprint density at radius 2 is 1.84 bits per heavy atom. The van der Waals surface area contributed by atoms with Gasteiger partial charge in [-0.15, -0.1) is 0 Å². The van der Waals surface area contributed by atoms with Gasteiger partial charge in [0.25, 0.3) is 0 Å². The van der Waals surface area contributed by atoms with Crippen molar-refractivity contribution in [3.05, 3.63) is 64.8 Å².